The number of hydrogen-bond donors (Lipinski definition) is 2. The number of methoxy groups -OCH3 is 3. The molecule has 3 amide bonds. The van der Waals surface area contributed by atoms with Gasteiger partial charge in [-0.2, -0.15) is 0 Å². The summed E-state index contributed by atoms with van der Waals surface area (Å²) in [6, 6.07) is 14.6. The number of halogens is 2. The van der Waals surface area contributed by atoms with E-state index < -0.39 is 17.4 Å². The number of benzene rings is 2. The van der Waals surface area contributed by atoms with Crippen molar-refractivity contribution in [2.45, 2.75) is 43.1 Å². The van der Waals surface area contributed by atoms with E-state index in [9.17, 15) is 19.5 Å². The van der Waals surface area contributed by atoms with Crippen LogP contribution in [0, 0.1) is 5.92 Å². The molecule has 0 saturated carbocycles. The van der Waals surface area contributed by atoms with Gasteiger partial charge in [-0.1, -0.05) is 35.3 Å². The van der Waals surface area contributed by atoms with Crippen LogP contribution in [0.3, 0.4) is 0 Å². The topological polar surface area (TPSA) is 134 Å². The van der Waals surface area contributed by atoms with E-state index in [0.29, 0.717) is 84.8 Å². The Bertz CT molecular complexity index is 1760. The number of rotatable bonds is 11. The maximum Gasteiger partial charge on any atom is 0.318 e. The van der Waals surface area contributed by atoms with Crippen molar-refractivity contribution in [1.82, 2.24) is 25.0 Å². The zero-order valence-corrected chi connectivity index (χ0v) is 31.2. The molecule has 0 aliphatic carbocycles. The highest BCUT2D eigenvalue weighted by molar-refractivity contribution is 6.42. The van der Waals surface area contributed by atoms with Crippen molar-refractivity contribution in [2.24, 2.45) is 5.92 Å². The van der Waals surface area contributed by atoms with Crippen molar-refractivity contribution >= 4 is 41.1 Å². The first-order valence-corrected chi connectivity index (χ1v) is 18.3. The summed E-state index contributed by atoms with van der Waals surface area (Å²) in [7, 11) is 4.57. The number of urea groups is 1. The minimum Gasteiger partial charge on any atom is -0.493 e. The first-order chi connectivity index (χ1) is 25.0. The molecule has 0 radical (unpaired) electrons. The summed E-state index contributed by atoms with van der Waals surface area (Å²) in [6.07, 6.45) is 4.94. The van der Waals surface area contributed by atoms with Crippen LogP contribution in [0.1, 0.15) is 53.7 Å². The van der Waals surface area contributed by atoms with Gasteiger partial charge in [-0.15, -0.1) is 0 Å². The molecule has 2 aromatic carbocycles. The number of nitrogens with zero attached hydrogens (tertiary/aromatic N) is 4. The predicted octanol–water partition coefficient (Wildman–Crippen LogP) is 5.70. The quantitative estimate of drug-likeness (QED) is 0.253. The Labute approximate surface area is 313 Å². The number of pyridine rings is 1. The van der Waals surface area contributed by atoms with Crippen molar-refractivity contribution in [3.63, 3.8) is 0 Å². The van der Waals surface area contributed by atoms with Crippen LogP contribution in [-0.2, 0) is 15.7 Å². The molecule has 1 aromatic heterocycles. The van der Waals surface area contributed by atoms with E-state index in [1.165, 1.54) is 21.3 Å². The van der Waals surface area contributed by atoms with Crippen LogP contribution < -0.4 is 19.5 Å². The van der Waals surface area contributed by atoms with E-state index in [-0.39, 0.29) is 23.9 Å². The van der Waals surface area contributed by atoms with E-state index in [1.807, 2.05) is 41.3 Å². The lowest BCUT2D eigenvalue weighted by molar-refractivity contribution is -0.141. The van der Waals surface area contributed by atoms with Crippen molar-refractivity contribution in [3.05, 3.63) is 81.6 Å². The van der Waals surface area contributed by atoms with E-state index in [1.54, 1.807) is 23.2 Å². The highest BCUT2D eigenvalue weighted by Crippen LogP contribution is 2.43. The van der Waals surface area contributed by atoms with Crippen molar-refractivity contribution in [2.75, 3.05) is 67.1 Å². The molecule has 2 N–H and O–H groups in total. The van der Waals surface area contributed by atoms with Gasteiger partial charge in [0.25, 0.3) is 5.91 Å². The van der Waals surface area contributed by atoms with E-state index >= 15 is 0 Å². The van der Waals surface area contributed by atoms with E-state index in [2.05, 4.69) is 15.2 Å². The lowest BCUT2D eigenvalue weighted by Gasteiger charge is -2.43. The molecule has 3 saturated heterocycles. The van der Waals surface area contributed by atoms with Crippen LogP contribution in [0.2, 0.25) is 10.0 Å². The molecular formula is C38H45Cl2N5O7. The number of piperidine rings is 1. The lowest BCUT2D eigenvalue weighted by atomic mass is 9.76. The van der Waals surface area contributed by atoms with Gasteiger partial charge in [0.1, 0.15) is 0 Å². The van der Waals surface area contributed by atoms with Gasteiger partial charge in [0, 0.05) is 56.4 Å². The Balaban J connectivity index is 1.19. The van der Waals surface area contributed by atoms with Crippen LogP contribution in [0.15, 0.2) is 54.7 Å². The number of carbonyl (C=O) groups is 3. The van der Waals surface area contributed by atoms with Crippen LogP contribution in [-0.4, -0.2) is 110 Å². The summed E-state index contributed by atoms with van der Waals surface area (Å²) in [5.74, 6) is -0.324. The number of carboxylic acids is 1. The molecule has 52 heavy (non-hydrogen) atoms. The zero-order valence-electron chi connectivity index (χ0n) is 29.7. The standard InChI is InChI=1S/C38H45Cl2N5O7/c1-50-30-20-26(21-31(51-2)33(30)52-3)34(46)45-19-11-37(24-45,27-7-8-28(39)29(40)22-27)10-16-43-17-12-38(13-18-43,32-6-4-5-14-41-32)42-36(49)44-15-9-25(23-44)35(47)48/h4-8,14,20-22,25H,9-13,15-19,23-24H2,1-3H3,(H,42,49)(H,47,48). The Morgan fingerprint density at radius 2 is 1.63 bits per heavy atom. The fraction of sp³-hybridized carbons (Fsp3) is 0.474. The van der Waals surface area contributed by atoms with Gasteiger partial charge in [-0.25, -0.2) is 4.79 Å². The number of hydrogen-bond acceptors (Lipinski definition) is 8. The molecule has 3 aliphatic rings. The van der Waals surface area contributed by atoms with Crippen molar-refractivity contribution in [1.29, 1.82) is 0 Å². The summed E-state index contributed by atoms with van der Waals surface area (Å²) in [5.41, 5.74) is 1.19. The molecule has 4 heterocycles. The Kier molecular flexibility index (Phi) is 11.4. The van der Waals surface area contributed by atoms with Crippen LogP contribution in [0.4, 0.5) is 4.79 Å². The number of carboxylic acid groups (broad SMARTS) is 1. The normalized spacial score (nSPS) is 21.5. The average Bonchev–Trinajstić information content (AvgIpc) is 3.85. The number of likely N-dealkylation sites (tertiary alicyclic amines) is 3. The number of aromatic nitrogens is 1. The molecule has 3 aliphatic heterocycles. The smallest absolute Gasteiger partial charge is 0.318 e. The fourth-order valence-electron chi connectivity index (χ4n) is 7.89. The average molecular weight is 755 g/mol. The monoisotopic (exact) mass is 753 g/mol. The molecule has 6 rings (SSSR count). The molecule has 2 unspecified atom stereocenters. The molecule has 12 nitrogen and oxygen atoms in total. The van der Waals surface area contributed by atoms with Crippen LogP contribution in [0.5, 0.6) is 17.2 Å². The molecule has 14 heteroatoms. The molecule has 3 aromatic rings. The lowest BCUT2D eigenvalue weighted by Crippen LogP contribution is -2.56. The third kappa shape index (κ3) is 7.60. The second-order valence-electron chi connectivity index (χ2n) is 13.9. The predicted molar refractivity (Wildman–Crippen MR) is 197 cm³/mol. The number of aliphatic carboxylic acids is 1. The third-order valence-corrected chi connectivity index (χ3v) is 11.8. The molecule has 2 atom stereocenters. The summed E-state index contributed by atoms with van der Waals surface area (Å²) < 4.78 is 16.5. The maximum absolute atomic E-state index is 14.0. The number of nitrogens with one attached hydrogen (secondary N) is 1. The van der Waals surface area contributed by atoms with Gasteiger partial charge in [-0.3, -0.25) is 14.6 Å². The van der Waals surface area contributed by atoms with E-state index in [4.69, 9.17) is 37.4 Å². The number of carbonyl (C=O) groups excluding carboxylic acids is 2. The van der Waals surface area contributed by atoms with Crippen molar-refractivity contribution < 1.29 is 33.7 Å². The van der Waals surface area contributed by atoms with Gasteiger partial charge < -0.3 is 39.3 Å². The SMILES string of the molecule is COc1cc(C(=O)N2CCC(CCN3CCC(NC(=O)N4CCC(C(=O)O)C4)(c4ccccn4)CC3)(c3ccc(Cl)c(Cl)c3)C2)cc(OC)c1OC. The number of ether oxygens (including phenoxy) is 3. The summed E-state index contributed by atoms with van der Waals surface area (Å²) in [6.45, 7) is 3.80. The molecule has 3 fully saturated rings. The van der Waals surface area contributed by atoms with Crippen LogP contribution >= 0.6 is 23.2 Å². The molecule has 0 bridgehead atoms. The van der Waals surface area contributed by atoms with E-state index in [0.717, 1.165) is 30.6 Å². The summed E-state index contributed by atoms with van der Waals surface area (Å²) >= 11 is 12.9. The summed E-state index contributed by atoms with van der Waals surface area (Å²) in [4.78, 5) is 49.6. The van der Waals surface area contributed by atoms with Gasteiger partial charge in [-0.05, 0) is 80.6 Å². The minimum absolute atomic E-state index is 0.136. The zero-order chi connectivity index (χ0) is 37.0. The molecular weight excluding hydrogens is 709 g/mol. The Morgan fingerprint density at radius 1 is 0.904 bits per heavy atom. The second-order valence-corrected chi connectivity index (χ2v) is 14.7. The first-order valence-electron chi connectivity index (χ1n) is 17.5. The first kappa shape index (κ1) is 37.5. The highest BCUT2D eigenvalue weighted by Gasteiger charge is 2.44. The van der Waals surface area contributed by atoms with Crippen molar-refractivity contribution in [3.8, 4) is 17.2 Å². The number of amides is 3. The van der Waals surface area contributed by atoms with Gasteiger partial charge in [0.2, 0.25) is 5.75 Å². The van der Waals surface area contributed by atoms with Gasteiger partial charge in [0.05, 0.1) is 48.5 Å². The second kappa shape index (κ2) is 15.8. The molecule has 0 spiro atoms. The van der Waals surface area contributed by atoms with Gasteiger partial charge in [0.15, 0.2) is 11.5 Å². The van der Waals surface area contributed by atoms with Gasteiger partial charge >= 0.3 is 12.0 Å². The Morgan fingerprint density at radius 3 is 2.23 bits per heavy atom. The Hall–Kier alpha value is -4.26. The minimum atomic E-state index is -0.877. The third-order valence-electron chi connectivity index (χ3n) is 11.0. The fourth-order valence-corrected chi connectivity index (χ4v) is 8.19. The van der Waals surface area contributed by atoms with Crippen LogP contribution in [0.25, 0.3) is 0 Å². The molecule has 278 valence electrons. The highest BCUT2D eigenvalue weighted by atomic mass is 35.5. The maximum atomic E-state index is 14.0. The summed E-state index contributed by atoms with van der Waals surface area (Å²) in [5, 5.41) is 13.7. The largest absolute Gasteiger partial charge is 0.493 e.